The van der Waals surface area contributed by atoms with Crippen molar-refractivity contribution in [3.05, 3.63) is 70.8 Å². The molecule has 0 aliphatic carbocycles. The molecular formula is C39H50N6O8. The number of esters is 4. The molecule has 1 aromatic heterocycles. The molecule has 0 aliphatic rings. The highest BCUT2D eigenvalue weighted by atomic mass is 16.6. The van der Waals surface area contributed by atoms with Crippen LogP contribution in [0.4, 0.5) is 29.2 Å². The minimum absolute atomic E-state index is 0.0435. The maximum Gasteiger partial charge on any atom is 0.345 e. The van der Waals surface area contributed by atoms with Crippen LogP contribution < -0.4 is 16.4 Å². The van der Waals surface area contributed by atoms with Gasteiger partial charge >= 0.3 is 23.9 Å². The molecule has 4 N–H and O–H groups in total. The summed E-state index contributed by atoms with van der Waals surface area (Å²) in [5, 5.41) is 6.13. The van der Waals surface area contributed by atoms with Gasteiger partial charge in [-0.15, -0.1) is 0 Å². The summed E-state index contributed by atoms with van der Waals surface area (Å²) in [5.41, 5.74) is 7.89. The maximum absolute atomic E-state index is 12.7. The fourth-order valence-corrected chi connectivity index (χ4v) is 4.10. The Morgan fingerprint density at radius 1 is 0.528 bits per heavy atom. The summed E-state index contributed by atoms with van der Waals surface area (Å²) in [6, 6.07) is 13.7. The van der Waals surface area contributed by atoms with Crippen LogP contribution in [0.15, 0.2) is 59.7 Å². The van der Waals surface area contributed by atoms with Gasteiger partial charge in [-0.2, -0.15) is 15.0 Å². The summed E-state index contributed by atoms with van der Waals surface area (Å²) < 4.78 is 21.2. The quantitative estimate of drug-likeness (QED) is 0.0422. The van der Waals surface area contributed by atoms with Crippen molar-refractivity contribution in [2.45, 2.75) is 55.4 Å². The first-order valence-corrected chi connectivity index (χ1v) is 17.5. The zero-order valence-corrected chi connectivity index (χ0v) is 31.6. The number of nitrogen functional groups attached to an aromatic ring is 1. The molecule has 0 bridgehead atoms. The first-order chi connectivity index (χ1) is 25.1. The van der Waals surface area contributed by atoms with E-state index < -0.39 is 23.9 Å². The third kappa shape index (κ3) is 14.8. The minimum atomic E-state index is -0.755. The van der Waals surface area contributed by atoms with E-state index in [2.05, 4.69) is 25.6 Å². The summed E-state index contributed by atoms with van der Waals surface area (Å²) in [4.78, 5) is 63.7. The monoisotopic (exact) mass is 730 g/mol. The normalized spacial score (nSPS) is 10.9. The molecule has 3 aromatic rings. The standard InChI is InChI=1S/C39H50N6O8/c1-23(2)19-50-33(46)31(34(47)51-20-24(3)4)17-27-9-13-29(14-10-27)41-38-43-37(40)44-39(45-38)42-30-15-11-28(12-16-30)18-32(35(48)52-21-25(5)6)36(49)53-22-26(7)8/h9-18,23-26H,19-22H2,1-8H3,(H4,40,41,42,43,44,45). The molecule has 0 atom stereocenters. The summed E-state index contributed by atoms with van der Waals surface area (Å²) >= 11 is 0. The molecule has 2 aromatic carbocycles. The second-order valence-corrected chi connectivity index (χ2v) is 13.9. The predicted molar refractivity (Wildman–Crippen MR) is 203 cm³/mol. The Morgan fingerprint density at radius 2 is 0.811 bits per heavy atom. The molecule has 14 heteroatoms. The van der Waals surface area contributed by atoms with Crippen molar-refractivity contribution in [2.24, 2.45) is 23.7 Å². The van der Waals surface area contributed by atoms with Gasteiger partial charge in [0.15, 0.2) is 0 Å². The van der Waals surface area contributed by atoms with Gasteiger partial charge in [0.2, 0.25) is 17.8 Å². The van der Waals surface area contributed by atoms with Crippen LogP contribution in [-0.2, 0) is 38.1 Å². The van der Waals surface area contributed by atoms with E-state index >= 15 is 0 Å². The fraction of sp³-hybridized carbons (Fsp3) is 0.410. The number of aromatic nitrogens is 3. The number of nitrogens with zero attached hydrogens (tertiary/aromatic N) is 3. The Labute approximate surface area is 310 Å². The molecule has 0 saturated carbocycles. The highest BCUT2D eigenvalue weighted by molar-refractivity contribution is 6.18. The second-order valence-electron chi connectivity index (χ2n) is 13.9. The number of anilines is 5. The van der Waals surface area contributed by atoms with Gasteiger partial charge in [-0.3, -0.25) is 0 Å². The van der Waals surface area contributed by atoms with Gasteiger partial charge in [0.1, 0.15) is 11.1 Å². The van der Waals surface area contributed by atoms with E-state index in [4.69, 9.17) is 24.7 Å². The van der Waals surface area contributed by atoms with Crippen LogP contribution in [-0.4, -0.2) is 65.3 Å². The summed E-state index contributed by atoms with van der Waals surface area (Å²) in [6.45, 7) is 15.9. The topological polar surface area (TPSA) is 194 Å². The Balaban J connectivity index is 1.75. The molecule has 0 amide bonds. The van der Waals surface area contributed by atoms with Crippen molar-refractivity contribution in [1.29, 1.82) is 0 Å². The molecule has 0 saturated heterocycles. The maximum atomic E-state index is 12.7. The van der Waals surface area contributed by atoms with Crippen LogP contribution in [0.5, 0.6) is 0 Å². The van der Waals surface area contributed by atoms with Gasteiger partial charge < -0.3 is 35.3 Å². The second kappa shape index (κ2) is 20.3. The molecule has 0 spiro atoms. The average molecular weight is 731 g/mol. The number of ether oxygens (including phenoxy) is 4. The van der Waals surface area contributed by atoms with E-state index in [-0.39, 0.29) is 79.1 Å². The number of nitrogens with one attached hydrogen (secondary N) is 2. The third-order valence-electron chi connectivity index (χ3n) is 6.68. The lowest BCUT2D eigenvalue weighted by Crippen LogP contribution is -2.21. The van der Waals surface area contributed by atoms with Crippen LogP contribution in [0, 0.1) is 23.7 Å². The average Bonchev–Trinajstić information content (AvgIpc) is 3.09. The van der Waals surface area contributed by atoms with Crippen molar-refractivity contribution in [3.63, 3.8) is 0 Å². The number of hydrogen-bond acceptors (Lipinski definition) is 14. The molecule has 0 unspecified atom stereocenters. The van der Waals surface area contributed by atoms with Crippen molar-refractivity contribution in [2.75, 3.05) is 42.8 Å². The number of carbonyl (C=O) groups excluding carboxylic acids is 4. The van der Waals surface area contributed by atoms with Crippen LogP contribution in [0.1, 0.15) is 66.5 Å². The van der Waals surface area contributed by atoms with Crippen LogP contribution in [0.2, 0.25) is 0 Å². The van der Waals surface area contributed by atoms with E-state index in [0.717, 1.165) is 0 Å². The van der Waals surface area contributed by atoms with E-state index in [1.807, 2.05) is 55.4 Å². The Hall–Kier alpha value is -5.79. The molecule has 0 aliphatic heterocycles. The van der Waals surface area contributed by atoms with Crippen molar-refractivity contribution >= 4 is 65.2 Å². The largest absolute Gasteiger partial charge is 0.462 e. The van der Waals surface area contributed by atoms with E-state index in [9.17, 15) is 19.2 Å². The third-order valence-corrected chi connectivity index (χ3v) is 6.68. The van der Waals surface area contributed by atoms with Gasteiger partial charge in [0.05, 0.1) is 26.4 Å². The number of hydrogen-bond donors (Lipinski definition) is 3. The molecule has 53 heavy (non-hydrogen) atoms. The van der Waals surface area contributed by atoms with Crippen LogP contribution in [0.3, 0.4) is 0 Å². The number of carbonyl (C=O) groups is 4. The smallest absolute Gasteiger partial charge is 0.345 e. The number of rotatable bonds is 18. The number of nitrogens with two attached hydrogens (primary N) is 1. The van der Waals surface area contributed by atoms with Gasteiger partial charge in [-0.1, -0.05) is 79.7 Å². The van der Waals surface area contributed by atoms with Crippen molar-refractivity contribution < 1.29 is 38.1 Å². The highest BCUT2D eigenvalue weighted by Crippen LogP contribution is 2.21. The fourth-order valence-electron chi connectivity index (χ4n) is 4.10. The molecule has 3 rings (SSSR count). The van der Waals surface area contributed by atoms with Crippen molar-refractivity contribution in [1.82, 2.24) is 15.0 Å². The lowest BCUT2D eigenvalue weighted by molar-refractivity contribution is -0.149. The number of benzene rings is 2. The molecular weight excluding hydrogens is 680 g/mol. The predicted octanol–water partition coefficient (Wildman–Crippen LogP) is 6.50. The van der Waals surface area contributed by atoms with E-state index in [1.54, 1.807) is 48.5 Å². The molecule has 284 valence electrons. The van der Waals surface area contributed by atoms with Crippen LogP contribution >= 0.6 is 0 Å². The minimum Gasteiger partial charge on any atom is -0.462 e. The van der Waals surface area contributed by atoms with Gasteiger partial charge in [-0.25, -0.2) is 19.2 Å². The first kappa shape index (κ1) is 41.6. The van der Waals surface area contributed by atoms with E-state index in [1.165, 1.54) is 12.2 Å². The lowest BCUT2D eigenvalue weighted by Gasteiger charge is -2.12. The van der Waals surface area contributed by atoms with Gasteiger partial charge in [-0.05, 0) is 71.2 Å². The Kier molecular flexibility index (Phi) is 15.9. The van der Waals surface area contributed by atoms with E-state index in [0.29, 0.717) is 22.5 Å². The summed E-state index contributed by atoms with van der Waals surface area (Å²) in [6.07, 6.45) is 2.86. The molecule has 0 fully saturated rings. The molecule has 1 heterocycles. The molecule has 0 radical (unpaired) electrons. The van der Waals surface area contributed by atoms with Crippen LogP contribution in [0.25, 0.3) is 12.2 Å². The first-order valence-electron chi connectivity index (χ1n) is 17.5. The zero-order valence-electron chi connectivity index (χ0n) is 31.6. The zero-order chi connectivity index (χ0) is 39.1. The van der Waals surface area contributed by atoms with Gasteiger partial charge in [0.25, 0.3) is 0 Å². The highest BCUT2D eigenvalue weighted by Gasteiger charge is 2.24. The Morgan fingerprint density at radius 3 is 1.08 bits per heavy atom. The van der Waals surface area contributed by atoms with Gasteiger partial charge in [0, 0.05) is 11.4 Å². The summed E-state index contributed by atoms with van der Waals surface area (Å²) in [5.74, 6) is -2.36. The SMILES string of the molecule is CC(C)COC(=O)C(=Cc1ccc(Nc2nc(N)nc(Nc3ccc(C=C(C(=O)OCC(C)C)C(=O)OCC(C)C)cc3)n2)cc1)C(=O)OCC(C)C. The Bertz CT molecular complexity index is 1590. The summed E-state index contributed by atoms with van der Waals surface area (Å²) in [7, 11) is 0. The van der Waals surface area contributed by atoms with Crippen molar-refractivity contribution in [3.8, 4) is 0 Å². The molecule has 14 nitrogen and oxygen atoms in total. The lowest BCUT2D eigenvalue weighted by atomic mass is 10.1.